The number of ether oxygens (including phenoxy) is 1. The highest BCUT2D eigenvalue weighted by Gasteiger charge is 2.40. The maximum atomic E-state index is 6.45. The second-order valence-electron chi connectivity index (χ2n) is 15.1. The maximum absolute atomic E-state index is 6.45. The summed E-state index contributed by atoms with van der Waals surface area (Å²) in [5.74, 6) is 0.613. The van der Waals surface area contributed by atoms with Crippen molar-refractivity contribution in [3.05, 3.63) is 11.9 Å². The molecule has 0 aliphatic carbocycles. The first-order chi connectivity index (χ1) is 15.5. The Morgan fingerprint density at radius 3 is 1.91 bits per heavy atom. The quantitative estimate of drug-likeness (QED) is 0.288. The molecule has 206 valence electrons. The van der Waals surface area contributed by atoms with Crippen molar-refractivity contribution in [2.45, 2.75) is 152 Å². The zero-order chi connectivity index (χ0) is 27.7. The van der Waals surface area contributed by atoms with Crippen molar-refractivity contribution >= 4 is 0 Å². The molecule has 0 saturated carbocycles. The molecule has 1 rings (SSSR count). The summed E-state index contributed by atoms with van der Waals surface area (Å²) < 4.78 is 8.54. The molecule has 0 spiro atoms. The second kappa shape index (κ2) is 10.8. The predicted molar refractivity (Wildman–Crippen MR) is 151 cm³/mol. The molecule has 0 saturated heterocycles. The van der Waals surface area contributed by atoms with Gasteiger partial charge in [-0.3, -0.25) is 0 Å². The van der Waals surface area contributed by atoms with Crippen LogP contribution < -0.4 is 5.73 Å². The van der Waals surface area contributed by atoms with Gasteiger partial charge in [-0.25, -0.2) is 4.68 Å². The zero-order valence-corrected chi connectivity index (χ0v) is 26.1. The fourth-order valence-corrected chi connectivity index (χ4v) is 4.94. The Kier molecular flexibility index (Phi) is 9.91. The third-order valence-corrected chi connectivity index (χ3v) is 9.73. The van der Waals surface area contributed by atoms with Crippen molar-refractivity contribution in [1.29, 1.82) is 0 Å². The van der Waals surface area contributed by atoms with Crippen molar-refractivity contribution in [3.8, 4) is 0 Å². The Morgan fingerprint density at radius 1 is 0.914 bits per heavy atom. The molecule has 5 nitrogen and oxygen atoms in total. The molecule has 0 aromatic carbocycles. The lowest BCUT2D eigenvalue weighted by atomic mass is 9.68. The molecule has 2 unspecified atom stereocenters. The number of hydrogen-bond donors (Lipinski definition) is 1. The van der Waals surface area contributed by atoms with Gasteiger partial charge in [-0.05, 0) is 82.5 Å². The van der Waals surface area contributed by atoms with Crippen LogP contribution in [0.5, 0.6) is 0 Å². The van der Waals surface area contributed by atoms with Crippen LogP contribution in [0.25, 0.3) is 0 Å². The molecule has 0 fully saturated rings. The van der Waals surface area contributed by atoms with Crippen LogP contribution in [0.2, 0.25) is 0 Å². The van der Waals surface area contributed by atoms with E-state index < -0.39 is 0 Å². The molecule has 35 heavy (non-hydrogen) atoms. The van der Waals surface area contributed by atoms with E-state index in [-0.39, 0.29) is 38.8 Å². The lowest BCUT2D eigenvalue weighted by molar-refractivity contribution is -0.0542. The van der Waals surface area contributed by atoms with Gasteiger partial charge in [0.05, 0.1) is 17.3 Å². The number of nitrogens with two attached hydrogens (primary N) is 1. The molecule has 0 aliphatic rings. The van der Waals surface area contributed by atoms with Crippen molar-refractivity contribution in [3.63, 3.8) is 0 Å². The highest BCUT2D eigenvalue weighted by Crippen LogP contribution is 2.42. The Labute approximate surface area is 218 Å². The Morgan fingerprint density at radius 2 is 1.46 bits per heavy atom. The summed E-state index contributed by atoms with van der Waals surface area (Å²) in [6.45, 7) is 34.7. The number of aromatic nitrogens is 3. The van der Waals surface area contributed by atoms with Crippen LogP contribution in [0.1, 0.15) is 135 Å². The van der Waals surface area contributed by atoms with Gasteiger partial charge in [0.15, 0.2) is 0 Å². The van der Waals surface area contributed by atoms with E-state index in [0.29, 0.717) is 5.92 Å². The van der Waals surface area contributed by atoms with Crippen molar-refractivity contribution in [1.82, 2.24) is 15.0 Å². The van der Waals surface area contributed by atoms with Crippen LogP contribution in [-0.4, -0.2) is 33.2 Å². The predicted octanol–water partition coefficient (Wildman–Crippen LogP) is 7.73. The first-order valence-corrected chi connectivity index (χ1v) is 13.8. The number of hydrogen-bond acceptors (Lipinski definition) is 4. The summed E-state index contributed by atoms with van der Waals surface area (Å²) in [6.07, 6.45) is 6.34. The monoisotopic (exact) mass is 492 g/mol. The molecule has 0 aliphatic heterocycles. The molecule has 0 radical (unpaired) electrons. The minimum absolute atomic E-state index is 0.0165. The third-order valence-electron chi connectivity index (χ3n) is 9.73. The standard InChI is InChI=1S/C30H60N4O/c1-16-30(15,23(4)35-18-17-27(9,10)29(13,14)31)21-28(11,12)34-19-24(32-33-34)26(7,8)20-25(5,6)22(2)3/h19,22-23H,16-18,20-21,31H2,1-15H3. The van der Waals surface area contributed by atoms with E-state index in [1.807, 2.05) is 0 Å². The average Bonchev–Trinajstić information content (AvgIpc) is 3.18. The van der Waals surface area contributed by atoms with Gasteiger partial charge in [0.25, 0.3) is 0 Å². The first-order valence-electron chi connectivity index (χ1n) is 13.8. The minimum atomic E-state index is -0.237. The fraction of sp³-hybridized carbons (Fsp3) is 0.933. The Balaban J connectivity index is 2.98. The smallest absolute Gasteiger partial charge is 0.0883 e. The van der Waals surface area contributed by atoms with E-state index >= 15 is 0 Å². The normalized spacial score (nSPS) is 17.1. The van der Waals surface area contributed by atoms with Crippen LogP contribution in [-0.2, 0) is 15.7 Å². The van der Waals surface area contributed by atoms with Gasteiger partial charge in [0.2, 0.25) is 0 Å². The molecule has 1 aromatic rings. The van der Waals surface area contributed by atoms with E-state index in [0.717, 1.165) is 38.0 Å². The highest BCUT2D eigenvalue weighted by molar-refractivity contribution is 5.11. The summed E-state index contributed by atoms with van der Waals surface area (Å²) in [6, 6.07) is 0. The lowest BCUT2D eigenvalue weighted by Gasteiger charge is -2.42. The van der Waals surface area contributed by atoms with E-state index in [9.17, 15) is 0 Å². The van der Waals surface area contributed by atoms with Crippen LogP contribution in [0.4, 0.5) is 0 Å². The molecule has 1 heterocycles. The van der Waals surface area contributed by atoms with Crippen LogP contribution in [0.15, 0.2) is 6.20 Å². The van der Waals surface area contributed by atoms with Gasteiger partial charge in [-0.15, -0.1) is 5.10 Å². The second-order valence-corrected chi connectivity index (χ2v) is 15.1. The Bertz CT molecular complexity index is 798. The molecule has 0 amide bonds. The van der Waals surface area contributed by atoms with Crippen molar-refractivity contribution in [2.24, 2.45) is 27.9 Å². The van der Waals surface area contributed by atoms with Crippen LogP contribution in [0.3, 0.4) is 0 Å². The molecule has 2 atom stereocenters. The van der Waals surface area contributed by atoms with Gasteiger partial charge in [-0.1, -0.05) is 74.5 Å². The summed E-state index contributed by atoms with van der Waals surface area (Å²) in [5.41, 5.74) is 7.31. The zero-order valence-electron chi connectivity index (χ0n) is 26.1. The summed E-state index contributed by atoms with van der Waals surface area (Å²) in [7, 11) is 0. The maximum Gasteiger partial charge on any atom is 0.0883 e. The lowest BCUT2D eigenvalue weighted by Crippen LogP contribution is -2.48. The first kappa shape index (κ1) is 32.1. The van der Waals surface area contributed by atoms with E-state index in [2.05, 4.69) is 125 Å². The fourth-order valence-electron chi connectivity index (χ4n) is 4.94. The highest BCUT2D eigenvalue weighted by atomic mass is 16.5. The molecule has 2 N–H and O–H groups in total. The molecule has 0 bridgehead atoms. The minimum Gasteiger partial charge on any atom is -0.378 e. The van der Waals surface area contributed by atoms with Gasteiger partial charge < -0.3 is 10.5 Å². The van der Waals surface area contributed by atoms with E-state index in [4.69, 9.17) is 10.5 Å². The molecular weight excluding hydrogens is 432 g/mol. The summed E-state index contributed by atoms with van der Waals surface area (Å²) in [4.78, 5) is 0. The van der Waals surface area contributed by atoms with Crippen molar-refractivity contribution < 1.29 is 4.74 Å². The molecule has 5 heteroatoms. The SMILES string of the molecule is CCC(C)(CC(C)(C)n1cc(C(C)(C)CC(C)(C)C(C)C)nn1)C(C)OCCC(C)(C)C(C)(C)N. The van der Waals surface area contributed by atoms with Gasteiger partial charge >= 0.3 is 0 Å². The van der Waals surface area contributed by atoms with Crippen LogP contribution >= 0.6 is 0 Å². The largest absolute Gasteiger partial charge is 0.378 e. The van der Waals surface area contributed by atoms with Gasteiger partial charge in [0.1, 0.15) is 0 Å². The summed E-state index contributed by atoms with van der Waals surface area (Å²) in [5, 5.41) is 9.31. The van der Waals surface area contributed by atoms with Gasteiger partial charge in [0, 0.05) is 23.8 Å². The average molecular weight is 493 g/mol. The number of nitrogens with zero attached hydrogens (tertiary/aromatic N) is 3. The molecule has 1 aromatic heterocycles. The molecular formula is C30H60N4O. The van der Waals surface area contributed by atoms with Gasteiger partial charge in [-0.2, -0.15) is 0 Å². The summed E-state index contributed by atoms with van der Waals surface area (Å²) >= 11 is 0. The number of rotatable bonds is 14. The van der Waals surface area contributed by atoms with E-state index in [1.54, 1.807) is 0 Å². The topological polar surface area (TPSA) is 66.0 Å². The van der Waals surface area contributed by atoms with Crippen LogP contribution in [0, 0.1) is 22.2 Å². The van der Waals surface area contributed by atoms with E-state index in [1.165, 1.54) is 0 Å². The van der Waals surface area contributed by atoms with Crippen molar-refractivity contribution in [2.75, 3.05) is 6.61 Å². The third kappa shape index (κ3) is 8.02. The Hall–Kier alpha value is -0.940.